The van der Waals surface area contributed by atoms with Gasteiger partial charge in [0.15, 0.2) is 5.03 Å². The van der Waals surface area contributed by atoms with Crippen LogP contribution >= 0.6 is 0 Å². The van der Waals surface area contributed by atoms with Gasteiger partial charge in [0, 0.05) is 0 Å². The summed E-state index contributed by atoms with van der Waals surface area (Å²) >= 11 is 0. The van der Waals surface area contributed by atoms with E-state index in [1.807, 2.05) is 12.1 Å². The Kier molecular flexibility index (Phi) is 4.41. The molecule has 1 N–H and O–H groups in total. The molecule has 8 heteroatoms. The van der Waals surface area contributed by atoms with Crippen molar-refractivity contribution in [1.82, 2.24) is 9.78 Å². The van der Waals surface area contributed by atoms with Gasteiger partial charge in [-0.3, -0.25) is 4.72 Å². The van der Waals surface area contributed by atoms with Crippen molar-refractivity contribution < 1.29 is 13.2 Å². The third-order valence-corrected chi connectivity index (χ3v) is 4.82. The predicted molar refractivity (Wildman–Crippen MR) is 92.1 cm³/mol. The number of hydrogen-bond donors (Lipinski definition) is 1. The Bertz CT molecular complexity index is 1040. The summed E-state index contributed by atoms with van der Waals surface area (Å²) in [6.07, 6.45) is 1.41. The Morgan fingerprint density at radius 3 is 2.60 bits per heavy atom. The fraction of sp³-hybridized carbons (Fsp3) is 0.0588. The van der Waals surface area contributed by atoms with Crippen molar-refractivity contribution in [3.05, 3.63) is 66.4 Å². The summed E-state index contributed by atoms with van der Waals surface area (Å²) in [6.45, 7) is 0. The van der Waals surface area contributed by atoms with Gasteiger partial charge in [-0.25, -0.2) is 4.68 Å². The Balaban J connectivity index is 1.97. The lowest BCUT2D eigenvalue weighted by molar-refractivity contribution is 0.413. The van der Waals surface area contributed by atoms with Crippen LogP contribution in [0.1, 0.15) is 5.56 Å². The number of methoxy groups -OCH3 is 1. The summed E-state index contributed by atoms with van der Waals surface area (Å²) in [5, 5.41) is 13.2. The third kappa shape index (κ3) is 3.32. The molecular weight excluding hydrogens is 340 g/mol. The fourth-order valence-electron chi connectivity index (χ4n) is 2.32. The average molecular weight is 354 g/mol. The lowest BCUT2D eigenvalue weighted by atomic mass is 10.2. The van der Waals surface area contributed by atoms with Crippen molar-refractivity contribution in [1.29, 1.82) is 5.26 Å². The van der Waals surface area contributed by atoms with Crippen molar-refractivity contribution in [3.8, 4) is 17.5 Å². The summed E-state index contributed by atoms with van der Waals surface area (Å²) in [7, 11) is -2.45. The maximum atomic E-state index is 12.7. The molecule has 0 aliphatic heterocycles. The minimum absolute atomic E-state index is 0.00646. The second kappa shape index (κ2) is 6.67. The van der Waals surface area contributed by atoms with Crippen molar-refractivity contribution in [3.63, 3.8) is 0 Å². The van der Waals surface area contributed by atoms with Crippen LogP contribution in [0.5, 0.6) is 5.75 Å². The molecule has 0 fully saturated rings. The number of sulfonamides is 1. The Morgan fingerprint density at radius 1 is 1.16 bits per heavy atom. The first-order valence-electron chi connectivity index (χ1n) is 7.25. The Labute approximate surface area is 145 Å². The number of hydrogen-bond acceptors (Lipinski definition) is 5. The summed E-state index contributed by atoms with van der Waals surface area (Å²) < 4.78 is 34.3. The minimum Gasteiger partial charge on any atom is -0.495 e. The SMILES string of the molecule is COc1ccc(NS(=O)(=O)c2ccnn2-c2ccccc2)cc1C#N. The zero-order valence-corrected chi connectivity index (χ0v) is 14.1. The van der Waals surface area contributed by atoms with Gasteiger partial charge in [0.1, 0.15) is 11.8 Å². The normalized spacial score (nSPS) is 10.9. The van der Waals surface area contributed by atoms with E-state index in [4.69, 9.17) is 10.00 Å². The van der Waals surface area contributed by atoms with Gasteiger partial charge in [-0.05, 0) is 36.4 Å². The zero-order chi connectivity index (χ0) is 17.9. The maximum absolute atomic E-state index is 12.7. The molecule has 0 saturated carbocycles. The highest BCUT2D eigenvalue weighted by atomic mass is 32.2. The molecule has 0 aliphatic carbocycles. The van der Waals surface area contributed by atoms with Crippen molar-refractivity contribution >= 4 is 15.7 Å². The topological polar surface area (TPSA) is 97.0 Å². The van der Waals surface area contributed by atoms with Gasteiger partial charge in [0.05, 0.1) is 30.2 Å². The summed E-state index contributed by atoms with van der Waals surface area (Å²) in [5.74, 6) is 0.375. The predicted octanol–water partition coefficient (Wildman–Crippen LogP) is 2.55. The zero-order valence-electron chi connectivity index (χ0n) is 13.2. The molecule has 0 saturated heterocycles. The van der Waals surface area contributed by atoms with E-state index in [1.165, 1.54) is 42.3 Å². The number of anilines is 1. The highest BCUT2D eigenvalue weighted by Crippen LogP contribution is 2.24. The second-order valence-electron chi connectivity index (χ2n) is 5.05. The Morgan fingerprint density at radius 2 is 1.92 bits per heavy atom. The molecule has 0 radical (unpaired) electrons. The van der Waals surface area contributed by atoms with Gasteiger partial charge >= 0.3 is 0 Å². The summed E-state index contributed by atoms with van der Waals surface area (Å²) in [5.41, 5.74) is 1.12. The number of nitriles is 1. The molecule has 25 heavy (non-hydrogen) atoms. The van der Waals surface area contributed by atoms with E-state index in [2.05, 4.69) is 9.82 Å². The first-order chi connectivity index (χ1) is 12.0. The van der Waals surface area contributed by atoms with E-state index < -0.39 is 10.0 Å². The molecular formula is C17H14N4O3S. The van der Waals surface area contributed by atoms with Gasteiger partial charge < -0.3 is 4.74 Å². The van der Waals surface area contributed by atoms with Crippen LogP contribution in [0.25, 0.3) is 5.69 Å². The van der Waals surface area contributed by atoms with Gasteiger partial charge in [0.25, 0.3) is 10.0 Å². The van der Waals surface area contributed by atoms with Gasteiger partial charge in [0.2, 0.25) is 0 Å². The van der Waals surface area contributed by atoms with Crippen LogP contribution in [0.15, 0.2) is 65.8 Å². The lowest BCUT2D eigenvalue weighted by Gasteiger charge is -2.11. The van der Waals surface area contributed by atoms with E-state index in [0.717, 1.165) is 0 Å². The largest absolute Gasteiger partial charge is 0.495 e. The quantitative estimate of drug-likeness (QED) is 0.759. The molecule has 126 valence electrons. The molecule has 0 aliphatic rings. The number of benzene rings is 2. The van der Waals surface area contributed by atoms with Crippen molar-refractivity contribution in [2.24, 2.45) is 0 Å². The molecule has 3 aromatic rings. The minimum atomic E-state index is -3.89. The molecule has 2 aromatic carbocycles. The first kappa shape index (κ1) is 16.5. The number of rotatable bonds is 5. The van der Waals surface area contributed by atoms with Crippen molar-refractivity contribution in [2.45, 2.75) is 5.03 Å². The molecule has 3 rings (SSSR count). The molecule has 1 aromatic heterocycles. The van der Waals surface area contributed by atoms with Crippen LogP contribution < -0.4 is 9.46 Å². The molecule has 0 bridgehead atoms. The maximum Gasteiger partial charge on any atom is 0.279 e. The van der Waals surface area contributed by atoms with Crippen molar-refractivity contribution in [2.75, 3.05) is 11.8 Å². The number of ether oxygens (including phenoxy) is 1. The van der Waals surface area contributed by atoms with Crippen LogP contribution in [-0.4, -0.2) is 25.3 Å². The molecule has 0 atom stereocenters. The average Bonchev–Trinajstić information content (AvgIpc) is 3.13. The third-order valence-electron chi connectivity index (χ3n) is 3.46. The van der Waals surface area contributed by atoms with E-state index in [0.29, 0.717) is 11.4 Å². The van der Waals surface area contributed by atoms with E-state index in [-0.39, 0.29) is 16.3 Å². The van der Waals surface area contributed by atoms with Gasteiger partial charge in [-0.15, -0.1) is 0 Å². The molecule has 7 nitrogen and oxygen atoms in total. The lowest BCUT2D eigenvalue weighted by Crippen LogP contribution is -2.17. The molecule has 0 spiro atoms. The molecule has 0 unspecified atom stereocenters. The summed E-state index contributed by atoms with van der Waals surface area (Å²) in [4.78, 5) is 0. The Hall–Kier alpha value is -3.31. The highest BCUT2D eigenvalue weighted by molar-refractivity contribution is 7.92. The standard InChI is InChI=1S/C17H14N4O3S/c1-24-16-8-7-14(11-13(16)12-18)20-25(22,23)17-9-10-19-21(17)15-5-3-2-4-6-15/h2-11,20H,1H3. The van der Waals surface area contributed by atoms with Gasteiger partial charge in [-0.2, -0.15) is 18.8 Å². The molecule has 1 heterocycles. The first-order valence-corrected chi connectivity index (χ1v) is 8.74. The van der Waals surface area contributed by atoms with E-state index in [1.54, 1.807) is 24.3 Å². The van der Waals surface area contributed by atoms with E-state index in [9.17, 15) is 8.42 Å². The second-order valence-corrected chi connectivity index (χ2v) is 6.68. The number of para-hydroxylation sites is 1. The smallest absolute Gasteiger partial charge is 0.279 e. The van der Waals surface area contributed by atoms with Crippen LogP contribution in [0.4, 0.5) is 5.69 Å². The number of nitrogens with zero attached hydrogens (tertiary/aromatic N) is 3. The fourth-order valence-corrected chi connectivity index (χ4v) is 3.49. The van der Waals surface area contributed by atoms with Crippen LogP contribution in [0.3, 0.4) is 0 Å². The highest BCUT2D eigenvalue weighted by Gasteiger charge is 2.21. The van der Waals surface area contributed by atoms with Crippen LogP contribution in [0, 0.1) is 11.3 Å². The van der Waals surface area contributed by atoms with Crippen LogP contribution in [-0.2, 0) is 10.0 Å². The number of nitrogens with one attached hydrogen (secondary N) is 1. The van der Waals surface area contributed by atoms with Gasteiger partial charge in [-0.1, -0.05) is 18.2 Å². The van der Waals surface area contributed by atoms with Crippen LogP contribution in [0.2, 0.25) is 0 Å². The number of aromatic nitrogens is 2. The summed E-state index contributed by atoms with van der Waals surface area (Å²) in [6, 6.07) is 16.8. The monoisotopic (exact) mass is 354 g/mol. The van der Waals surface area contributed by atoms with E-state index >= 15 is 0 Å². The molecule has 0 amide bonds.